The standard InChI is InChI=1S/C13H17ClN2O3/c1-2-7-16(9-13(18)19)8-12(17)15-11-6-4-3-5-10(11)14/h3-6H,2,7-9H2,1H3,(H,15,17)(H,18,19). The van der Waals surface area contributed by atoms with Crippen LogP contribution in [0.3, 0.4) is 0 Å². The summed E-state index contributed by atoms with van der Waals surface area (Å²) in [6.07, 6.45) is 0.784. The molecule has 0 aromatic heterocycles. The predicted octanol–water partition coefficient (Wildman–Crippen LogP) is 2.08. The minimum Gasteiger partial charge on any atom is -0.480 e. The monoisotopic (exact) mass is 284 g/mol. The number of hydrogen-bond donors (Lipinski definition) is 2. The summed E-state index contributed by atoms with van der Waals surface area (Å²) in [5.41, 5.74) is 0.529. The molecule has 0 aliphatic rings. The lowest BCUT2D eigenvalue weighted by molar-refractivity contribution is -0.138. The van der Waals surface area contributed by atoms with Gasteiger partial charge in [-0.2, -0.15) is 0 Å². The Hall–Kier alpha value is -1.59. The van der Waals surface area contributed by atoms with Gasteiger partial charge in [-0.05, 0) is 25.1 Å². The van der Waals surface area contributed by atoms with E-state index in [1.54, 1.807) is 29.2 Å². The predicted molar refractivity (Wildman–Crippen MR) is 74.4 cm³/mol. The average Bonchev–Trinajstić information content (AvgIpc) is 2.31. The van der Waals surface area contributed by atoms with Crippen LogP contribution in [0.15, 0.2) is 24.3 Å². The van der Waals surface area contributed by atoms with E-state index in [1.807, 2.05) is 6.92 Å². The molecule has 0 unspecified atom stereocenters. The third-order valence-electron chi connectivity index (χ3n) is 2.41. The van der Waals surface area contributed by atoms with Crippen molar-refractivity contribution in [2.45, 2.75) is 13.3 Å². The van der Waals surface area contributed by atoms with Crippen molar-refractivity contribution in [3.63, 3.8) is 0 Å². The van der Waals surface area contributed by atoms with Crippen LogP contribution in [0.2, 0.25) is 5.02 Å². The maximum atomic E-state index is 11.8. The lowest BCUT2D eigenvalue weighted by Crippen LogP contribution is -2.37. The van der Waals surface area contributed by atoms with E-state index in [0.29, 0.717) is 17.3 Å². The molecule has 0 bridgehead atoms. The number of amides is 1. The van der Waals surface area contributed by atoms with Crippen molar-refractivity contribution < 1.29 is 14.7 Å². The molecule has 0 radical (unpaired) electrons. The molecule has 2 N–H and O–H groups in total. The molecule has 0 spiro atoms. The minimum absolute atomic E-state index is 0.0331. The molecule has 6 heteroatoms. The first-order chi connectivity index (χ1) is 9.02. The fourth-order valence-electron chi connectivity index (χ4n) is 1.68. The molecule has 104 valence electrons. The number of aliphatic carboxylic acids is 1. The van der Waals surface area contributed by atoms with E-state index in [4.69, 9.17) is 16.7 Å². The van der Waals surface area contributed by atoms with Crippen molar-refractivity contribution in [1.82, 2.24) is 4.90 Å². The van der Waals surface area contributed by atoms with Gasteiger partial charge >= 0.3 is 5.97 Å². The second kappa shape index (κ2) is 7.76. The van der Waals surface area contributed by atoms with Crippen LogP contribution in [-0.4, -0.2) is 41.5 Å². The van der Waals surface area contributed by atoms with Crippen LogP contribution in [0.25, 0.3) is 0 Å². The molecule has 0 fully saturated rings. The molecule has 0 saturated carbocycles. The van der Waals surface area contributed by atoms with E-state index >= 15 is 0 Å². The van der Waals surface area contributed by atoms with Crippen molar-refractivity contribution in [2.24, 2.45) is 0 Å². The topological polar surface area (TPSA) is 69.6 Å². The van der Waals surface area contributed by atoms with E-state index in [0.717, 1.165) is 6.42 Å². The third-order valence-corrected chi connectivity index (χ3v) is 2.74. The third kappa shape index (κ3) is 5.72. The molecule has 0 saturated heterocycles. The van der Waals surface area contributed by atoms with Gasteiger partial charge in [-0.1, -0.05) is 30.7 Å². The number of carbonyl (C=O) groups excluding carboxylic acids is 1. The summed E-state index contributed by atoms with van der Waals surface area (Å²) in [7, 11) is 0. The molecular weight excluding hydrogens is 268 g/mol. The molecule has 1 aromatic rings. The van der Waals surface area contributed by atoms with Crippen molar-refractivity contribution in [3.8, 4) is 0 Å². The maximum Gasteiger partial charge on any atom is 0.317 e. The van der Waals surface area contributed by atoms with Crippen LogP contribution in [0.5, 0.6) is 0 Å². The van der Waals surface area contributed by atoms with Crippen LogP contribution in [0, 0.1) is 0 Å². The second-order valence-corrected chi connectivity index (χ2v) is 4.54. The highest BCUT2D eigenvalue weighted by molar-refractivity contribution is 6.33. The number of anilines is 1. The molecule has 0 aliphatic heterocycles. The van der Waals surface area contributed by atoms with Crippen LogP contribution >= 0.6 is 11.6 Å². The number of para-hydroxylation sites is 1. The van der Waals surface area contributed by atoms with Gasteiger partial charge in [0, 0.05) is 0 Å². The first-order valence-electron chi connectivity index (χ1n) is 6.01. The van der Waals surface area contributed by atoms with Gasteiger partial charge in [-0.15, -0.1) is 0 Å². The quantitative estimate of drug-likeness (QED) is 0.804. The first-order valence-corrected chi connectivity index (χ1v) is 6.39. The van der Waals surface area contributed by atoms with Gasteiger partial charge in [-0.3, -0.25) is 14.5 Å². The molecule has 0 aliphatic carbocycles. The van der Waals surface area contributed by atoms with E-state index in [-0.39, 0.29) is 19.0 Å². The van der Waals surface area contributed by atoms with Crippen molar-refractivity contribution in [2.75, 3.05) is 25.0 Å². The molecule has 0 heterocycles. The Morgan fingerprint density at radius 2 is 2.00 bits per heavy atom. The lowest BCUT2D eigenvalue weighted by Gasteiger charge is -2.18. The van der Waals surface area contributed by atoms with E-state index in [1.165, 1.54) is 0 Å². The molecule has 1 rings (SSSR count). The summed E-state index contributed by atoms with van der Waals surface area (Å²) in [6, 6.07) is 6.91. The number of carboxylic acid groups (broad SMARTS) is 1. The van der Waals surface area contributed by atoms with Gasteiger partial charge in [0.25, 0.3) is 0 Å². The number of nitrogens with one attached hydrogen (secondary N) is 1. The van der Waals surface area contributed by atoms with E-state index in [2.05, 4.69) is 5.32 Å². The summed E-state index contributed by atoms with van der Waals surface area (Å²) in [6.45, 7) is 2.37. The summed E-state index contributed by atoms with van der Waals surface area (Å²) in [5, 5.41) is 11.9. The SMILES string of the molecule is CCCN(CC(=O)O)CC(=O)Nc1ccccc1Cl. The molecule has 19 heavy (non-hydrogen) atoms. The summed E-state index contributed by atoms with van der Waals surface area (Å²) in [4.78, 5) is 24.1. The normalized spacial score (nSPS) is 10.5. The number of nitrogens with zero attached hydrogens (tertiary/aromatic N) is 1. The van der Waals surface area contributed by atoms with Gasteiger partial charge < -0.3 is 10.4 Å². The summed E-state index contributed by atoms with van der Waals surface area (Å²) >= 11 is 5.93. The number of carboxylic acids is 1. The zero-order valence-corrected chi connectivity index (χ0v) is 11.5. The molecule has 1 aromatic carbocycles. The highest BCUT2D eigenvalue weighted by Gasteiger charge is 2.13. The number of rotatable bonds is 7. The van der Waals surface area contributed by atoms with Crippen LogP contribution in [-0.2, 0) is 9.59 Å². The molecule has 0 atom stereocenters. The van der Waals surface area contributed by atoms with Gasteiger partial charge in [0.1, 0.15) is 0 Å². The number of carbonyl (C=O) groups is 2. The Morgan fingerprint density at radius 1 is 1.32 bits per heavy atom. The zero-order chi connectivity index (χ0) is 14.3. The molecular formula is C13H17ClN2O3. The van der Waals surface area contributed by atoms with Gasteiger partial charge in [0.15, 0.2) is 0 Å². The van der Waals surface area contributed by atoms with Crippen molar-refractivity contribution in [3.05, 3.63) is 29.3 Å². The number of hydrogen-bond acceptors (Lipinski definition) is 3. The highest BCUT2D eigenvalue weighted by Crippen LogP contribution is 2.20. The van der Waals surface area contributed by atoms with Crippen LogP contribution in [0.1, 0.15) is 13.3 Å². The average molecular weight is 285 g/mol. The van der Waals surface area contributed by atoms with Crippen molar-refractivity contribution >= 4 is 29.2 Å². The van der Waals surface area contributed by atoms with Gasteiger partial charge in [0.05, 0.1) is 23.8 Å². The Bertz CT molecular complexity index is 451. The first kappa shape index (κ1) is 15.5. The van der Waals surface area contributed by atoms with Crippen molar-refractivity contribution in [1.29, 1.82) is 0 Å². The van der Waals surface area contributed by atoms with Crippen LogP contribution in [0.4, 0.5) is 5.69 Å². The largest absolute Gasteiger partial charge is 0.480 e. The Balaban J connectivity index is 2.57. The number of halogens is 1. The van der Waals surface area contributed by atoms with Gasteiger partial charge in [-0.25, -0.2) is 0 Å². The Morgan fingerprint density at radius 3 is 2.58 bits per heavy atom. The number of benzene rings is 1. The maximum absolute atomic E-state index is 11.8. The summed E-state index contributed by atoms with van der Waals surface area (Å²) in [5.74, 6) is -1.22. The van der Waals surface area contributed by atoms with E-state index in [9.17, 15) is 9.59 Å². The Labute approximate surface area is 117 Å². The van der Waals surface area contributed by atoms with Crippen LogP contribution < -0.4 is 5.32 Å². The van der Waals surface area contributed by atoms with E-state index < -0.39 is 5.97 Å². The molecule has 1 amide bonds. The second-order valence-electron chi connectivity index (χ2n) is 4.13. The van der Waals surface area contributed by atoms with Gasteiger partial charge in [0.2, 0.25) is 5.91 Å². The summed E-state index contributed by atoms with van der Waals surface area (Å²) < 4.78 is 0. The minimum atomic E-state index is -0.945. The smallest absolute Gasteiger partial charge is 0.317 e. The highest BCUT2D eigenvalue weighted by atomic mass is 35.5. The lowest BCUT2D eigenvalue weighted by atomic mass is 10.3. The fourth-order valence-corrected chi connectivity index (χ4v) is 1.86. The Kier molecular flexibility index (Phi) is 6.32. The molecule has 5 nitrogen and oxygen atoms in total. The fraction of sp³-hybridized carbons (Fsp3) is 0.385. The zero-order valence-electron chi connectivity index (χ0n) is 10.7.